The van der Waals surface area contributed by atoms with Gasteiger partial charge in [-0.15, -0.1) is 0 Å². The highest BCUT2D eigenvalue weighted by Gasteiger charge is 2.07. The Morgan fingerprint density at radius 3 is 2.21 bits per heavy atom. The van der Waals surface area contributed by atoms with E-state index in [0.717, 1.165) is 0 Å². The van der Waals surface area contributed by atoms with Crippen molar-refractivity contribution in [3.63, 3.8) is 0 Å². The molecule has 0 spiro atoms. The van der Waals surface area contributed by atoms with Gasteiger partial charge in [0.05, 0.1) is 5.56 Å². The lowest BCUT2D eigenvalue weighted by atomic mass is 10.2. The number of nitrogens with zero attached hydrogens (tertiary/aromatic N) is 1. The number of carbonyl (C=O) groups is 2. The van der Waals surface area contributed by atoms with Gasteiger partial charge in [-0.05, 0) is 36.4 Å². The highest BCUT2D eigenvalue weighted by molar-refractivity contribution is 6.29. The van der Waals surface area contributed by atoms with Crippen LogP contribution in [0.15, 0.2) is 42.6 Å². The summed E-state index contributed by atoms with van der Waals surface area (Å²) in [5, 5.41) is 2.99. The summed E-state index contributed by atoms with van der Waals surface area (Å²) in [4.78, 5) is 26.6. The average Bonchev–Trinajstić information content (AvgIpc) is 2.40. The molecule has 6 heteroatoms. The zero-order valence-electron chi connectivity index (χ0n) is 9.76. The molecule has 0 saturated heterocycles. The fraction of sp³-hybridized carbons (Fsp3) is 0. The molecule has 0 saturated carbocycles. The normalized spacial score (nSPS) is 9.95. The van der Waals surface area contributed by atoms with Crippen molar-refractivity contribution in [3.05, 3.63) is 58.9 Å². The van der Waals surface area contributed by atoms with Gasteiger partial charge >= 0.3 is 0 Å². The van der Waals surface area contributed by atoms with Gasteiger partial charge in [0.2, 0.25) is 5.91 Å². The van der Waals surface area contributed by atoms with Gasteiger partial charge in [0.15, 0.2) is 0 Å². The molecule has 3 N–H and O–H groups in total. The summed E-state index contributed by atoms with van der Waals surface area (Å²) in [6, 6.07) is 9.38. The Kier molecular flexibility index (Phi) is 3.77. The van der Waals surface area contributed by atoms with Gasteiger partial charge in [-0.2, -0.15) is 0 Å². The van der Waals surface area contributed by atoms with Crippen LogP contribution in [0.25, 0.3) is 0 Å². The third kappa shape index (κ3) is 3.29. The van der Waals surface area contributed by atoms with E-state index < -0.39 is 5.91 Å². The number of anilines is 1. The molecule has 0 aliphatic rings. The lowest BCUT2D eigenvalue weighted by Gasteiger charge is -2.05. The first kappa shape index (κ1) is 13.0. The number of hydrogen-bond donors (Lipinski definition) is 2. The number of rotatable bonds is 3. The van der Waals surface area contributed by atoms with E-state index in [2.05, 4.69) is 10.3 Å². The number of benzene rings is 1. The molecule has 0 unspecified atom stereocenters. The lowest BCUT2D eigenvalue weighted by Crippen LogP contribution is -2.13. The second-order valence-corrected chi connectivity index (χ2v) is 4.15. The molecule has 0 bridgehead atoms. The number of primary amides is 1. The molecule has 1 heterocycles. The summed E-state index contributed by atoms with van der Waals surface area (Å²) in [5.41, 5.74) is 6.46. The maximum atomic E-state index is 11.9. The van der Waals surface area contributed by atoms with Crippen molar-refractivity contribution < 1.29 is 9.59 Å². The van der Waals surface area contributed by atoms with Crippen LogP contribution in [-0.2, 0) is 0 Å². The first-order valence-electron chi connectivity index (χ1n) is 5.39. The molecule has 0 fully saturated rings. The quantitative estimate of drug-likeness (QED) is 0.841. The Hall–Kier alpha value is -2.40. The van der Waals surface area contributed by atoms with Crippen molar-refractivity contribution in [3.8, 4) is 0 Å². The third-order valence-electron chi connectivity index (χ3n) is 2.42. The predicted molar refractivity (Wildman–Crippen MR) is 72.2 cm³/mol. The Morgan fingerprint density at radius 2 is 1.68 bits per heavy atom. The van der Waals surface area contributed by atoms with Crippen LogP contribution in [0, 0.1) is 0 Å². The highest BCUT2D eigenvalue weighted by atomic mass is 35.5. The zero-order valence-corrected chi connectivity index (χ0v) is 10.5. The van der Waals surface area contributed by atoms with Crippen LogP contribution in [0.4, 0.5) is 5.69 Å². The molecule has 0 atom stereocenters. The van der Waals surface area contributed by atoms with Crippen LogP contribution in [0.2, 0.25) is 5.15 Å². The second-order valence-electron chi connectivity index (χ2n) is 3.77. The standard InChI is InChI=1S/C13H10ClN3O2/c14-11-6-3-9(7-16-11)13(19)17-10-4-1-8(2-5-10)12(15)18/h1-7H,(H2,15,18)(H,17,19). The van der Waals surface area contributed by atoms with Gasteiger partial charge < -0.3 is 11.1 Å². The van der Waals surface area contributed by atoms with Crippen molar-refractivity contribution in [1.29, 1.82) is 0 Å². The molecular formula is C13H10ClN3O2. The minimum atomic E-state index is -0.514. The molecule has 5 nitrogen and oxygen atoms in total. The molecule has 1 aromatic carbocycles. The summed E-state index contributed by atoms with van der Waals surface area (Å²) in [6.07, 6.45) is 1.38. The Morgan fingerprint density at radius 1 is 1.05 bits per heavy atom. The fourth-order valence-electron chi connectivity index (χ4n) is 1.43. The Labute approximate surface area is 114 Å². The van der Waals surface area contributed by atoms with E-state index in [0.29, 0.717) is 22.0 Å². The number of hydrogen-bond acceptors (Lipinski definition) is 3. The number of aromatic nitrogens is 1. The second kappa shape index (κ2) is 5.49. The first-order chi connectivity index (χ1) is 9.06. The summed E-state index contributed by atoms with van der Waals surface area (Å²) < 4.78 is 0. The van der Waals surface area contributed by atoms with Crippen LogP contribution in [0.5, 0.6) is 0 Å². The van der Waals surface area contributed by atoms with E-state index >= 15 is 0 Å². The SMILES string of the molecule is NC(=O)c1ccc(NC(=O)c2ccc(Cl)nc2)cc1. The van der Waals surface area contributed by atoms with Crippen LogP contribution in [0.3, 0.4) is 0 Å². The van der Waals surface area contributed by atoms with E-state index in [1.54, 1.807) is 18.2 Å². The highest BCUT2D eigenvalue weighted by Crippen LogP contribution is 2.12. The van der Waals surface area contributed by atoms with E-state index in [-0.39, 0.29) is 5.91 Å². The number of nitrogens with two attached hydrogens (primary N) is 1. The molecule has 0 aliphatic carbocycles. The van der Waals surface area contributed by atoms with Crippen LogP contribution >= 0.6 is 11.6 Å². The van der Waals surface area contributed by atoms with Crippen molar-refractivity contribution in [2.45, 2.75) is 0 Å². The molecule has 2 amide bonds. The van der Waals surface area contributed by atoms with Crippen LogP contribution in [0.1, 0.15) is 20.7 Å². The topological polar surface area (TPSA) is 85.1 Å². The van der Waals surface area contributed by atoms with Crippen molar-refractivity contribution in [1.82, 2.24) is 4.98 Å². The number of amides is 2. The van der Waals surface area contributed by atoms with Gasteiger partial charge in [-0.3, -0.25) is 9.59 Å². The van der Waals surface area contributed by atoms with Gasteiger partial charge in [0.1, 0.15) is 5.15 Å². The third-order valence-corrected chi connectivity index (χ3v) is 2.64. The number of pyridine rings is 1. The molecule has 2 rings (SSSR count). The van der Waals surface area contributed by atoms with E-state index in [1.165, 1.54) is 24.4 Å². The van der Waals surface area contributed by atoms with E-state index in [1.807, 2.05) is 0 Å². The molecule has 96 valence electrons. The number of nitrogens with one attached hydrogen (secondary N) is 1. The predicted octanol–water partition coefficient (Wildman–Crippen LogP) is 2.09. The van der Waals surface area contributed by atoms with Gasteiger partial charge in [0.25, 0.3) is 5.91 Å². The summed E-state index contributed by atoms with van der Waals surface area (Å²) in [6.45, 7) is 0. The molecule has 0 aliphatic heterocycles. The summed E-state index contributed by atoms with van der Waals surface area (Å²) in [7, 11) is 0. The summed E-state index contributed by atoms with van der Waals surface area (Å²) >= 11 is 5.64. The largest absolute Gasteiger partial charge is 0.366 e. The number of halogens is 1. The Bertz CT molecular complexity index is 609. The first-order valence-corrected chi connectivity index (χ1v) is 5.77. The minimum Gasteiger partial charge on any atom is -0.366 e. The number of carbonyl (C=O) groups excluding carboxylic acids is 2. The molecular weight excluding hydrogens is 266 g/mol. The zero-order chi connectivity index (χ0) is 13.8. The summed E-state index contributed by atoms with van der Waals surface area (Å²) in [5.74, 6) is -0.823. The maximum Gasteiger partial charge on any atom is 0.257 e. The van der Waals surface area contributed by atoms with Crippen LogP contribution in [-0.4, -0.2) is 16.8 Å². The van der Waals surface area contributed by atoms with Crippen molar-refractivity contribution in [2.75, 3.05) is 5.32 Å². The van der Waals surface area contributed by atoms with Crippen molar-refractivity contribution in [2.24, 2.45) is 5.73 Å². The van der Waals surface area contributed by atoms with Gasteiger partial charge in [-0.1, -0.05) is 11.6 Å². The minimum absolute atomic E-state index is 0.309. The smallest absolute Gasteiger partial charge is 0.257 e. The van der Waals surface area contributed by atoms with E-state index in [4.69, 9.17) is 17.3 Å². The average molecular weight is 276 g/mol. The Balaban J connectivity index is 2.10. The monoisotopic (exact) mass is 275 g/mol. The van der Waals surface area contributed by atoms with Crippen LogP contribution < -0.4 is 11.1 Å². The van der Waals surface area contributed by atoms with Crippen molar-refractivity contribution >= 4 is 29.1 Å². The van der Waals surface area contributed by atoms with Gasteiger partial charge in [-0.25, -0.2) is 4.98 Å². The maximum absolute atomic E-state index is 11.9. The fourth-order valence-corrected chi connectivity index (χ4v) is 1.54. The lowest BCUT2D eigenvalue weighted by molar-refractivity contribution is 0.0998. The molecule has 0 radical (unpaired) electrons. The molecule has 19 heavy (non-hydrogen) atoms. The molecule has 2 aromatic rings. The van der Waals surface area contributed by atoms with E-state index in [9.17, 15) is 9.59 Å². The molecule has 1 aromatic heterocycles. The van der Waals surface area contributed by atoms with Gasteiger partial charge in [0, 0.05) is 17.4 Å².